The lowest BCUT2D eigenvalue weighted by atomic mass is 10.4. The Kier molecular flexibility index (Phi) is 6.43. The maximum atomic E-state index is 11.3. The van der Waals surface area contributed by atoms with Crippen LogP contribution in [0.3, 0.4) is 0 Å². The molecule has 1 aromatic rings. The second kappa shape index (κ2) is 8.28. The molecule has 1 aliphatic rings. The molecule has 0 saturated carbocycles. The number of nitrogens with two attached hydrogens (primary N) is 2. The summed E-state index contributed by atoms with van der Waals surface area (Å²) >= 11 is 0. The normalized spacial score (nSPS) is 16.1. The Morgan fingerprint density at radius 3 is 2.08 bits per heavy atom. The van der Waals surface area contributed by atoms with Gasteiger partial charge in [0.05, 0.1) is 0 Å². The van der Waals surface area contributed by atoms with Crippen molar-refractivity contribution in [1.82, 2.24) is 19.9 Å². The van der Waals surface area contributed by atoms with Crippen LogP contribution in [0.25, 0.3) is 0 Å². The lowest BCUT2D eigenvalue weighted by molar-refractivity contribution is -0.150. The van der Waals surface area contributed by atoms with E-state index in [9.17, 15) is 19.2 Å². The summed E-state index contributed by atoms with van der Waals surface area (Å²) in [4.78, 5) is 56.4. The maximum absolute atomic E-state index is 11.3. The first-order chi connectivity index (χ1) is 11.6. The van der Waals surface area contributed by atoms with E-state index in [1.54, 1.807) is 21.9 Å². The standard InChI is InChI=1S/C9H15N5O2.C3H3N3O3/c1-4-14-8(11)12-7(10)13-9(14)16-6(15)5(2)3;7-1-4-2(8)6-3(9)5-1/h9H,2,4H2,1,3H3,(H4,10,11,12,13);(H3,4,5,6,7,8,9). The van der Waals surface area contributed by atoms with Gasteiger partial charge in [-0.15, -0.1) is 0 Å². The highest BCUT2D eigenvalue weighted by molar-refractivity contribution is 5.95. The molecule has 25 heavy (non-hydrogen) atoms. The highest BCUT2D eigenvalue weighted by Gasteiger charge is 2.26. The third-order valence-electron chi connectivity index (χ3n) is 2.62. The van der Waals surface area contributed by atoms with E-state index >= 15 is 0 Å². The Labute approximate surface area is 140 Å². The molecular formula is C12H18N8O5. The van der Waals surface area contributed by atoms with Crippen molar-refractivity contribution >= 4 is 17.9 Å². The Morgan fingerprint density at radius 1 is 1.20 bits per heavy atom. The van der Waals surface area contributed by atoms with Gasteiger partial charge in [-0.2, -0.15) is 9.98 Å². The van der Waals surface area contributed by atoms with Crippen LogP contribution in [0.2, 0.25) is 0 Å². The number of esters is 1. The van der Waals surface area contributed by atoms with Crippen LogP contribution < -0.4 is 28.5 Å². The molecule has 0 bridgehead atoms. The third-order valence-corrected chi connectivity index (χ3v) is 2.62. The number of hydrogen-bond acceptors (Lipinski definition) is 10. The second-order valence-corrected chi connectivity index (χ2v) is 4.62. The van der Waals surface area contributed by atoms with Crippen LogP contribution in [-0.4, -0.2) is 50.6 Å². The highest BCUT2D eigenvalue weighted by atomic mass is 16.6. The average molecular weight is 354 g/mol. The lowest BCUT2D eigenvalue weighted by Crippen LogP contribution is -2.49. The number of guanidine groups is 2. The van der Waals surface area contributed by atoms with Gasteiger partial charge in [-0.25, -0.2) is 19.2 Å². The van der Waals surface area contributed by atoms with Crippen molar-refractivity contribution < 1.29 is 9.53 Å². The summed E-state index contributed by atoms with van der Waals surface area (Å²) in [6.45, 7) is 7.36. The first-order valence-electron chi connectivity index (χ1n) is 6.87. The molecule has 0 amide bonds. The number of aliphatic imine (C=N–C) groups is 2. The Bertz CT molecular complexity index is 798. The van der Waals surface area contributed by atoms with Crippen molar-refractivity contribution in [2.75, 3.05) is 6.54 Å². The molecule has 0 saturated heterocycles. The molecule has 2 rings (SSSR count). The van der Waals surface area contributed by atoms with Crippen LogP contribution in [0, 0.1) is 0 Å². The summed E-state index contributed by atoms with van der Waals surface area (Å²) in [6.07, 6.45) is -0.869. The minimum atomic E-state index is -0.869. The summed E-state index contributed by atoms with van der Waals surface area (Å²) in [5.41, 5.74) is 8.93. The number of carbonyl (C=O) groups is 1. The van der Waals surface area contributed by atoms with Crippen molar-refractivity contribution in [3.8, 4) is 0 Å². The Balaban J connectivity index is 0.000000293. The minimum Gasteiger partial charge on any atom is -0.417 e. The van der Waals surface area contributed by atoms with Crippen molar-refractivity contribution in [2.24, 2.45) is 21.5 Å². The van der Waals surface area contributed by atoms with Gasteiger partial charge in [0.2, 0.25) is 11.9 Å². The van der Waals surface area contributed by atoms with E-state index in [4.69, 9.17) is 16.2 Å². The van der Waals surface area contributed by atoms with Gasteiger partial charge in [-0.1, -0.05) is 6.58 Å². The number of ether oxygens (including phenoxy) is 1. The molecule has 1 aromatic heterocycles. The number of aromatic nitrogens is 3. The largest absolute Gasteiger partial charge is 0.417 e. The van der Waals surface area contributed by atoms with Gasteiger partial charge in [0.25, 0.3) is 6.35 Å². The fourth-order valence-electron chi connectivity index (χ4n) is 1.51. The van der Waals surface area contributed by atoms with Crippen LogP contribution in [0.15, 0.2) is 36.5 Å². The first-order valence-corrected chi connectivity index (χ1v) is 6.87. The SMILES string of the molecule is C=C(C)C(=O)OC1N=C(N)N=C(N)N1CC.O=c1[nH]c(=O)[nH]c(=O)[nH]1. The van der Waals surface area contributed by atoms with Gasteiger partial charge in [0.15, 0.2) is 0 Å². The summed E-state index contributed by atoms with van der Waals surface area (Å²) in [5, 5.41) is 0. The van der Waals surface area contributed by atoms with E-state index in [0.29, 0.717) is 6.54 Å². The molecule has 2 heterocycles. The zero-order chi connectivity index (χ0) is 19.1. The smallest absolute Gasteiger partial charge is 0.336 e. The molecule has 13 heteroatoms. The predicted molar refractivity (Wildman–Crippen MR) is 88.6 cm³/mol. The molecule has 136 valence electrons. The second-order valence-electron chi connectivity index (χ2n) is 4.62. The molecule has 1 aliphatic heterocycles. The van der Waals surface area contributed by atoms with E-state index in [0.717, 1.165) is 0 Å². The number of hydrogen-bond donors (Lipinski definition) is 5. The molecule has 0 radical (unpaired) electrons. The highest BCUT2D eigenvalue weighted by Crippen LogP contribution is 2.09. The van der Waals surface area contributed by atoms with Gasteiger partial charge in [0.1, 0.15) is 0 Å². The average Bonchev–Trinajstić information content (AvgIpc) is 2.45. The van der Waals surface area contributed by atoms with E-state index < -0.39 is 29.4 Å². The summed E-state index contributed by atoms with van der Waals surface area (Å²) in [5.74, 6) is -0.383. The van der Waals surface area contributed by atoms with Gasteiger partial charge in [-0.05, 0) is 13.8 Å². The van der Waals surface area contributed by atoms with Crippen molar-refractivity contribution in [3.63, 3.8) is 0 Å². The van der Waals surface area contributed by atoms with Gasteiger partial charge < -0.3 is 16.2 Å². The number of carbonyl (C=O) groups excluding carboxylic acids is 1. The van der Waals surface area contributed by atoms with E-state index in [1.807, 2.05) is 6.92 Å². The topological polar surface area (TPSA) is 205 Å². The zero-order valence-corrected chi connectivity index (χ0v) is 13.5. The predicted octanol–water partition coefficient (Wildman–Crippen LogP) is -2.89. The molecule has 0 fully saturated rings. The van der Waals surface area contributed by atoms with E-state index in [-0.39, 0.29) is 17.5 Å². The molecule has 0 aromatic carbocycles. The molecule has 1 atom stereocenters. The zero-order valence-electron chi connectivity index (χ0n) is 13.5. The lowest BCUT2D eigenvalue weighted by Gasteiger charge is -2.30. The summed E-state index contributed by atoms with van der Waals surface area (Å²) in [6, 6.07) is 0. The maximum Gasteiger partial charge on any atom is 0.336 e. The molecule has 7 N–H and O–H groups in total. The van der Waals surface area contributed by atoms with Crippen molar-refractivity contribution in [1.29, 1.82) is 0 Å². The first kappa shape index (κ1) is 19.4. The van der Waals surface area contributed by atoms with Crippen molar-refractivity contribution in [3.05, 3.63) is 43.6 Å². The van der Waals surface area contributed by atoms with Gasteiger partial charge >= 0.3 is 23.0 Å². The molecular weight excluding hydrogens is 336 g/mol. The fourth-order valence-corrected chi connectivity index (χ4v) is 1.51. The number of aromatic amines is 3. The Morgan fingerprint density at radius 2 is 1.68 bits per heavy atom. The minimum absolute atomic E-state index is 0.0123. The number of nitrogens with zero attached hydrogens (tertiary/aromatic N) is 3. The third kappa shape index (κ3) is 5.81. The molecule has 0 spiro atoms. The van der Waals surface area contributed by atoms with Crippen molar-refractivity contribution in [2.45, 2.75) is 20.2 Å². The van der Waals surface area contributed by atoms with Crippen LogP contribution >= 0.6 is 0 Å². The number of nitrogens with one attached hydrogen (secondary N) is 3. The van der Waals surface area contributed by atoms with Gasteiger partial charge in [-0.3, -0.25) is 19.9 Å². The Hall–Kier alpha value is -3.64. The molecule has 0 aliphatic carbocycles. The van der Waals surface area contributed by atoms with Gasteiger partial charge in [0, 0.05) is 12.1 Å². The fraction of sp³-hybridized carbons (Fsp3) is 0.333. The quantitative estimate of drug-likeness (QED) is 0.280. The van der Waals surface area contributed by atoms with Crippen LogP contribution in [0.1, 0.15) is 13.8 Å². The van der Waals surface area contributed by atoms with E-state index in [1.165, 1.54) is 4.90 Å². The summed E-state index contributed by atoms with van der Waals surface area (Å²) < 4.78 is 5.06. The molecule has 1 unspecified atom stereocenters. The van der Waals surface area contributed by atoms with Crippen LogP contribution in [0.4, 0.5) is 0 Å². The monoisotopic (exact) mass is 354 g/mol. The van der Waals surface area contributed by atoms with E-state index in [2.05, 4.69) is 16.6 Å². The summed E-state index contributed by atoms with van der Waals surface area (Å²) in [7, 11) is 0. The van der Waals surface area contributed by atoms with Crippen LogP contribution in [0.5, 0.6) is 0 Å². The number of H-pyrrole nitrogens is 3. The van der Waals surface area contributed by atoms with Crippen LogP contribution in [-0.2, 0) is 9.53 Å². The number of rotatable bonds is 3. The molecule has 13 nitrogen and oxygen atoms in total.